The number of aliphatic hydroxyl groups is 1. The molecule has 12 heavy (non-hydrogen) atoms. The Balaban J connectivity index is 2.71. The van der Waals surface area contributed by atoms with Gasteiger partial charge in [0.25, 0.3) is 0 Å². The van der Waals surface area contributed by atoms with Gasteiger partial charge in [0.05, 0.1) is 18.2 Å². The maximum Gasteiger partial charge on any atom is 0.108 e. The molecule has 0 spiro atoms. The van der Waals surface area contributed by atoms with Crippen molar-refractivity contribution in [2.45, 2.75) is 19.6 Å². The van der Waals surface area contributed by atoms with E-state index in [0.29, 0.717) is 6.54 Å². The third kappa shape index (κ3) is 1.84. The molecular weight excluding hydrogens is 154 g/mol. The van der Waals surface area contributed by atoms with Gasteiger partial charge in [-0.2, -0.15) is 0 Å². The Kier molecular flexibility index (Phi) is 3.25. The van der Waals surface area contributed by atoms with Crippen molar-refractivity contribution in [3.8, 4) is 0 Å². The Labute approximate surface area is 72.2 Å². The summed E-state index contributed by atoms with van der Waals surface area (Å²) in [7, 11) is 1.82. The molecule has 0 aromatic carbocycles. The van der Waals surface area contributed by atoms with Gasteiger partial charge >= 0.3 is 0 Å². The summed E-state index contributed by atoms with van der Waals surface area (Å²) in [4.78, 5) is 3.97. The first kappa shape index (κ1) is 9.22. The van der Waals surface area contributed by atoms with Gasteiger partial charge in [-0.3, -0.25) is 0 Å². The number of aryl methyl sites for hydroxylation is 1. The molecule has 68 valence electrons. The second kappa shape index (κ2) is 4.23. The summed E-state index contributed by atoms with van der Waals surface area (Å²) in [6.07, 6.45) is 2.97. The molecule has 1 aromatic rings. The molecule has 1 unspecified atom stereocenters. The van der Waals surface area contributed by atoms with Crippen LogP contribution in [0.15, 0.2) is 12.5 Å². The van der Waals surface area contributed by atoms with E-state index >= 15 is 0 Å². The van der Waals surface area contributed by atoms with Crippen molar-refractivity contribution in [3.63, 3.8) is 0 Å². The Bertz CT molecular complexity index is 234. The molecule has 4 heteroatoms. The summed E-state index contributed by atoms with van der Waals surface area (Å²) in [6.45, 7) is 3.43. The Morgan fingerprint density at radius 3 is 3.08 bits per heavy atom. The molecule has 0 saturated carbocycles. The Morgan fingerprint density at radius 1 is 1.75 bits per heavy atom. The second-order valence-corrected chi connectivity index (χ2v) is 2.68. The molecule has 1 rings (SSSR count). The van der Waals surface area contributed by atoms with E-state index in [-0.39, 0.29) is 0 Å². The van der Waals surface area contributed by atoms with Crippen LogP contribution >= 0.6 is 0 Å². The van der Waals surface area contributed by atoms with Gasteiger partial charge in [-0.1, -0.05) is 0 Å². The van der Waals surface area contributed by atoms with Gasteiger partial charge in [0.1, 0.15) is 6.10 Å². The van der Waals surface area contributed by atoms with E-state index in [4.69, 9.17) is 0 Å². The van der Waals surface area contributed by atoms with Crippen LogP contribution in [-0.4, -0.2) is 28.3 Å². The van der Waals surface area contributed by atoms with Crippen LogP contribution in [0, 0.1) is 0 Å². The fourth-order valence-corrected chi connectivity index (χ4v) is 1.17. The lowest BCUT2D eigenvalue weighted by molar-refractivity contribution is 0.168. The largest absolute Gasteiger partial charge is 0.385 e. The third-order valence-electron chi connectivity index (χ3n) is 1.82. The molecule has 0 fully saturated rings. The molecule has 4 nitrogen and oxygen atoms in total. The number of hydrogen-bond acceptors (Lipinski definition) is 3. The molecule has 1 aromatic heterocycles. The summed E-state index contributed by atoms with van der Waals surface area (Å²) in [5.41, 5.74) is 0.867. The number of imidazole rings is 1. The molecule has 0 amide bonds. The lowest BCUT2D eigenvalue weighted by Crippen LogP contribution is -2.19. The highest BCUT2D eigenvalue weighted by Gasteiger charge is 2.10. The fraction of sp³-hybridized carbons (Fsp3) is 0.625. The minimum absolute atomic E-state index is 0.461. The number of likely N-dealkylation sites (N-methyl/N-ethyl adjacent to an activating group) is 1. The van der Waals surface area contributed by atoms with E-state index in [1.807, 2.05) is 18.5 Å². The van der Waals surface area contributed by atoms with Crippen LogP contribution in [0.2, 0.25) is 0 Å². The molecule has 0 saturated heterocycles. The van der Waals surface area contributed by atoms with Gasteiger partial charge in [-0.05, 0) is 14.0 Å². The van der Waals surface area contributed by atoms with Crippen LogP contribution in [0.4, 0.5) is 0 Å². The predicted molar refractivity (Wildman–Crippen MR) is 46.8 cm³/mol. The van der Waals surface area contributed by atoms with Crippen LogP contribution in [0.1, 0.15) is 18.7 Å². The van der Waals surface area contributed by atoms with Gasteiger partial charge in [-0.15, -0.1) is 0 Å². The SMILES string of the molecule is CCn1cncc1C(O)CNC. The summed E-state index contributed by atoms with van der Waals surface area (Å²) in [6, 6.07) is 0. The molecule has 0 radical (unpaired) electrons. The third-order valence-corrected chi connectivity index (χ3v) is 1.82. The first-order valence-electron chi connectivity index (χ1n) is 4.12. The predicted octanol–water partition coefficient (Wildman–Crippen LogP) is 0.156. The summed E-state index contributed by atoms with van der Waals surface area (Å²) >= 11 is 0. The van der Waals surface area contributed by atoms with E-state index in [2.05, 4.69) is 10.3 Å². The van der Waals surface area contributed by atoms with Crippen LogP contribution in [0.25, 0.3) is 0 Å². The van der Waals surface area contributed by atoms with Crippen molar-refractivity contribution in [3.05, 3.63) is 18.2 Å². The number of aromatic nitrogens is 2. The van der Waals surface area contributed by atoms with Gasteiger partial charge in [-0.25, -0.2) is 4.98 Å². The molecule has 1 atom stereocenters. The van der Waals surface area contributed by atoms with Crippen LogP contribution in [0.5, 0.6) is 0 Å². The van der Waals surface area contributed by atoms with E-state index in [9.17, 15) is 5.11 Å². The first-order valence-corrected chi connectivity index (χ1v) is 4.12. The highest BCUT2D eigenvalue weighted by atomic mass is 16.3. The Hall–Kier alpha value is -0.870. The van der Waals surface area contributed by atoms with Crippen molar-refractivity contribution in [2.75, 3.05) is 13.6 Å². The molecule has 0 bridgehead atoms. The molecule has 0 aliphatic rings. The minimum Gasteiger partial charge on any atom is -0.385 e. The first-order chi connectivity index (χ1) is 5.79. The summed E-state index contributed by atoms with van der Waals surface area (Å²) in [5.74, 6) is 0. The number of aliphatic hydroxyl groups excluding tert-OH is 1. The van der Waals surface area contributed by atoms with Crippen LogP contribution in [-0.2, 0) is 6.54 Å². The van der Waals surface area contributed by atoms with Gasteiger partial charge in [0.2, 0.25) is 0 Å². The minimum atomic E-state index is -0.461. The highest BCUT2D eigenvalue weighted by Crippen LogP contribution is 2.10. The quantitative estimate of drug-likeness (QED) is 0.675. The lowest BCUT2D eigenvalue weighted by atomic mass is 10.2. The number of hydrogen-bond donors (Lipinski definition) is 2. The normalized spacial score (nSPS) is 13.2. The van der Waals surface area contributed by atoms with Crippen LogP contribution < -0.4 is 5.32 Å². The zero-order valence-electron chi connectivity index (χ0n) is 7.49. The zero-order chi connectivity index (χ0) is 8.97. The van der Waals surface area contributed by atoms with Crippen molar-refractivity contribution in [1.29, 1.82) is 0 Å². The van der Waals surface area contributed by atoms with E-state index in [1.165, 1.54) is 0 Å². The van der Waals surface area contributed by atoms with E-state index < -0.39 is 6.10 Å². The van der Waals surface area contributed by atoms with Crippen molar-refractivity contribution >= 4 is 0 Å². The Morgan fingerprint density at radius 2 is 2.50 bits per heavy atom. The number of nitrogens with one attached hydrogen (secondary N) is 1. The van der Waals surface area contributed by atoms with Gasteiger partial charge < -0.3 is 15.0 Å². The average Bonchev–Trinajstić information content (AvgIpc) is 2.51. The molecule has 0 aliphatic heterocycles. The number of nitrogens with zero attached hydrogens (tertiary/aromatic N) is 2. The maximum atomic E-state index is 9.60. The molecular formula is C8H15N3O. The second-order valence-electron chi connectivity index (χ2n) is 2.68. The standard InChI is InChI=1S/C8H15N3O/c1-3-11-6-10-4-7(11)8(12)5-9-2/h4,6,8-9,12H,3,5H2,1-2H3. The zero-order valence-corrected chi connectivity index (χ0v) is 7.49. The smallest absolute Gasteiger partial charge is 0.108 e. The molecule has 0 aliphatic carbocycles. The monoisotopic (exact) mass is 169 g/mol. The fourth-order valence-electron chi connectivity index (χ4n) is 1.17. The van der Waals surface area contributed by atoms with E-state index in [1.54, 1.807) is 12.5 Å². The lowest BCUT2D eigenvalue weighted by Gasteiger charge is -2.11. The van der Waals surface area contributed by atoms with Crippen molar-refractivity contribution in [2.24, 2.45) is 0 Å². The average molecular weight is 169 g/mol. The summed E-state index contributed by atoms with van der Waals surface area (Å²) < 4.78 is 1.93. The number of rotatable bonds is 4. The van der Waals surface area contributed by atoms with Gasteiger partial charge in [0, 0.05) is 13.1 Å². The molecule has 1 heterocycles. The highest BCUT2D eigenvalue weighted by molar-refractivity contribution is 5.02. The van der Waals surface area contributed by atoms with E-state index in [0.717, 1.165) is 12.2 Å². The van der Waals surface area contributed by atoms with Crippen LogP contribution in [0.3, 0.4) is 0 Å². The summed E-state index contributed by atoms with van der Waals surface area (Å²) in [5, 5.41) is 12.5. The molecule has 2 N–H and O–H groups in total. The maximum absolute atomic E-state index is 9.60. The van der Waals surface area contributed by atoms with Crippen molar-refractivity contribution < 1.29 is 5.11 Å². The topological polar surface area (TPSA) is 50.1 Å². The van der Waals surface area contributed by atoms with Gasteiger partial charge in [0.15, 0.2) is 0 Å². The van der Waals surface area contributed by atoms with Crippen molar-refractivity contribution in [1.82, 2.24) is 14.9 Å².